The molecule has 3 rings (SSSR count). The molecule has 0 saturated heterocycles. The molecule has 2 N–H and O–H groups in total. The van der Waals surface area contributed by atoms with Crippen molar-refractivity contribution in [2.45, 2.75) is 51.2 Å². The highest BCUT2D eigenvalue weighted by atomic mass is 16.5. The molecule has 1 aliphatic carbocycles. The molecule has 2 atom stereocenters. The van der Waals surface area contributed by atoms with Crippen LogP contribution in [0.15, 0.2) is 18.2 Å². The first-order chi connectivity index (χ1) is 9.61. The monoisotopic (exact) mass is 273 g/mol. The van der Waals surface area contributed by atoms with Crippen LogP contribution in [0.2, 0.25) is 0 Å². The van der Waals surface area contributed by atoms with Gasteiger partial charge in [0.15, 0.2) is 0 Å². The molecular weight excluding hydrogens is 250 g/mol. The number of nitrogens with zero attached hydrogens (tertiary/aromatic N) is 2. The number of rotatable bonds is 3. The van der Waals surface area contributed by atoms with E-state index in [0.29, 0.717) is 18.1 Å². The van der Waals surface area contributed by atoms with Gasteiger partial charge < -0.3 is 15.0 Å². The van der Waals surface area contributed by atoms with Crippen molar-refractivity contribution in [2.75, 3.05) is 12.8 Å². The molecule has 4 nitrogen and oxygen atoms in total. The minimum absolute atomic E-state index is 0.294. The van der Waals surface area contributed by atoms with Gasteiger partial charge in [0, 0.05) is 18.7 Å². The Bertz CT molecular complexity index is 617. The first-order valence-electron chi connectivity index (χ1n) is 7.42. The average molecular weight is 273 g/mol. The van der Waals surface area contributed by atoms with Crippen LogP contribution in [-0.2, 0) is 4.74 Å². The molecule has 0 radical (unpaired) electrons. The SMILES string of the molecule is COC1CCCC1n1c(C(C)C)nc2cc(N)ccc21. The van der Waals surface area contributed by atoms with Crippen molar-refractivity contribution in [3.63, 3.8) is 0 Å². The van der Waals surface area contributed by atoms with Gasteiger partial charge in [-0.15, -0.1) is 0 Å². The quantitative estimate of drug-likeness (QED) is 0.871. The predicted molar refractivity (Wildman–Crippen MR) is 81.9 cm³/mol. The Morgan fingerprint density at radius 1 is 1.35 bits per heavy atom. The van der Waals surface area contributed by atoms with E-state index in [1.54, 1.807) is 0 Å². The summed E-state index contributed by atoms with van der Waals surface area (Å²) in [4.78, 5) is 4.81. The lowest BCUT2D eigenvalue weighted by molar-refractivity contribution is 0.0750. The van der Waals surface area contributed by atoms with E-state index in [-0.39, 0.29) is 0 Å². The number of hydrogen-bond acceptors (Lipinski definition) is 3. The number of methoxy groups -OCH3 is 1. The van der Waals surface area contributed by atoms with E-state index in [4.69, 9.17) is 15.5 Å². The number of imidazole rings is 1. The van der Waals surface area contributed by atoms with E-state index in [9.17, 15) is 0 Å². The Balaban J connectivity index is 2.18. The van der Waals surface area contributed by atoms with Crippen LogP contribution in [0.25, 0.3) is 11.0 Å². The van der Waals surface area contributed by atoms with E-state index < -0.39 is 0 Å². The van der Waals surface area contributed by atoms with Gasteiger partial charge in [0.25, 0.3) is 0 Å². The molecule has 0 spiro atoms. The molecule has 20 heavy (non-hydrogen) atoms. The van der Waals surface area contributed by atoms with E-state index in [2.05, 4.69) is 24.5 Å². The van der Waals surface area contributed by atoms with Gasteiger partial charge in [-0.2, -0.15) is 0 Å². The van der Waals surface area contributed by atoms with Crippen LogP contribution in [0.4, 0.5) is 5.69 Å². The minimum Gasteiger partial charge on any atom is -0.399 e. The summed E-state index contributed by atoms with van der Waals surface area (Å²) in [5.41, 5.74) is 8.84. The molecule has 1 aromatic carbocycles. The molecule has 1 aromatic heterocycles. The molecule has 1 aliphatic rings. The molecule has 4 heteroatoms. The van der Waals surface area contributed by atoms with E-state index in [0.717, 1.165) is 29.9 Å². The van der Waals surface area contributed by atoms with Crippen LogP contribution in [0, 0.1) is 0 Å². The molecule has 1 saturated carbocycles. The number of aromatic nitrogens is 2. The van der Waals surface area contributed by atoms with Crippen molar-refractivity contribution in [1.29, 1.82) is 0 Å². The van der Waals surface area contributed by atoms with E-state index in [1.165, 1.54) is 11.9 Å². The number of hydrogen-bond donors (Lipinski definition) is 1. The summed E-state index contributed by atoms with van der Waals surface area (Å²) in [6, 6.07) is 6.41. The number of anilines is 1. The van der Waals surface area contributed by atoms with Crippen molar-refractivity contribution < 1.29 is 4.74 Å². The zero-order valence-electron chi connectivity index (χ0n) is 12.5. The second-order valence-electron chi connectivity index (χ2n) is 6.02. The minimum atomic E-state index is 0.294. The zero-order valence-corrected chi connectivity index (χ0v) is 12.5. The summed E-state index contributed by atoms with van der Waals surface area (Å²) in [7, 11) is 1.81. The highest BCUT2D eigenvalue weighted by Crippen LogP contribution is 2.37. The lowest BCUT2D eigenvalue weighted by atomic mass is 10.1. The number of nitrogen functional groups attached to an aromatic ring is 1. The first-order valence-corrected chi connectivity index (χ1v) is 7.42. The molecular formula is C16H23N3O. The molecule has 1 heterocycles. The summed E-state index contributed by atoms with van der Waals surface area (Å²) in [6.07, 6.45) is 3.80. The molecule has 108 valence electrons. The Morgan fingerprint density at radius 3 is 2.85 bits per heavy atom. The van der Waals surface area contributed by atoms with Gasteiger partial charge in [-0.05, 0) is 37.5 Å². The summed E-state index contributed by atoms with van der Waals surface area (Å²) in [5.74, 6) is 1.53. The molecule has 2 unspecified atom stereocenters. The fourth-order valence-electron chi connectivity index (χ4n) is 3.37. The van der Waals surface area contributed by atoms with Crippen LogP contribution in [0.5, 0.6) is 0 Å². The largest absolute Gasteiger partial charge is 0.399 e. The number of ether oxygens (including phenoxy) is 1. The summed E-state index contributed by atoms with van der Waals surface area (Å²) < 4.78 is 8.07. The van der Waals surface area contributed by atoms with Gasteiger partial charge in [0.05, 0.1) is 23.2 Å². The third-order valence-electron chi connectivity index (χ3n) is 4.31. The Kier molecular flexibility index (Phi) is 3.42. The normalized spacial score (nSPS) is 23.0. The van der Waals surface area contributed by atoms with Crippen LogP contribution >= 0.6 is 0 Å². The molecule has 0 aliphatic heterocycles. The molecule has 1 fully saturated rings. The van der Waals surface area contributed by atoms with Gasteiger partial charge in [-0.1, -0.05) is 13.8 Å². The average Bonchev–Trinajstić information content (AvgIpc) is 3.00. The molecule has 0 bridgehead atoms. The van der Waals surface area contributed by atoms with Crippen molar-refractivity contribution in [2.24, 2.45) is 0 Å². The lowest BCUT2D eigenvalue weighted by Crippen LogP contribution is -2.22. The smallest absolute Gasteiger partial charge is 0.112 e. The first kappa shape index (κ1) is 13.4. The number of nitrogens with two attached hydrogens (primary N) is 1. The second-order valence-corrected chi connectivity index (χ2v) is 6.02. The Labute approximate surface area is 119 Å². The van der Waals surface area contributed by atoms with Crippen molar-refractivity contribution in [3.05, 3.63) is 24.0 Å². The fourth-order valence-corrected chi connectivity index (χ4v) is 3.37. The van der Waals surface area contributed by atoms with Gasteiger partial charge in [0.2, 0.25) is 0 Å². The van der Waals surface area contributed by atoms with Crippen LogP contribution < -0.4 is 5.73 Å². The molecule has 2 aromatic rings. The Morgan fingerprint density at radius 2 is 2.15 bits per heavy atom. The maximum atomic E-state index is 5.89. The van der Waals surface area contributed by atoms with Gasteiger partial charge in [0.1, 0.15) is 5.82 Å². The van der Waals surface area contributed by atoms with Gasteiger partial charge in [-0.3, -0.25) is 0 Å². The highest BCUT2D eigenvalue weighted by Gasteiger charge is 2.32. The van der Waals surface area contributed by atoms with Crippen LogP contribution in [-0.4, -0.2) is 22.8 Å². The third-order valence-corrected chi connectivity index (χ3v) is 4.31. The number of fused-ring (bicyclic) bond motifs is 1. The van der Waals surface area contributed by atoms with Crippen molar-refractivity contribution in [1.82, 2.24) is 9.55 Å². The predicted octanol–water partition coefficient (Wildman–Crippen LogP) is 3.48. The maximum Gasteiger partial charge on any atom is 0.112 e. The summed E-state index contributed by atoms with van der Waals surface area (Å²) in [5, 5.41) is 0. The van der Waals surface area contributed by atoms with Gasteiger partial charge >= 0.3 is 0 Å². The van der Waals surface area contributed by atoms with Crippen molar-refractivity contribution >= 4 is 16.7 Å². The number of benzene rings is 1. The summed E-state index contributed by atoms with van der Waals surface area (Å²) >= 11 is 0. The fraction of sp³-hybridized carbons (Fsp3) is 0.562. The topological polar surface area (TPSA) is 53.1 Å². The van der Waals surface area contributed by atoms with Gasteiger partial charge in [-0.25, -0.2) is 4.98 Å². The van der Waals surface area contributed by atoms with Crippen LogP contribution in [0.3, 0.4) is 0 Å². The highest BCUT2D eigenvalue weighted by molar-refractivity contribution is 5.80. The van der Waals surface area contributed by atoms with E-state index >= 15 is 0 Å². The summed E-state index contributed by atoms with van der Waals surface area (Å²) in [6.45, 7) is 4.38. The zero-order chi connectivity index (χ0) is 14.3. The van der Waals surface area contributed by atoms with Crippen molar-refractivity contribution in [3.8, 4) is 0 Å². The molecule has 0 amide bonds. The second kappa shape index (κ2) is 5.09. The lowest BCUT2D eigenvalue weighted by Gasteiger charge is -2.23. The standard InChI is InChI=1S/C16H23N3O/c1-10(2)16-18-12-9-11(17)7-8-13(12)19(16)14-5-4-6-15(14)20-3/h7-10,14-15H,4-6,17H2,1-3H3. The van der Waals surface area contributed by atoms with Crippen LogP contribution in [0.1, 0.15) is 50.9 Å². The Hall–Kier alpha value is -1.55. The maximum absolute atomic E-state index is 5.89. The van der Waals surface area contributed by atoms with E-state index in [1.807, 2.05) is 19.2 Å². The third kappa shape index (κ3) is 2.08.